The molecule has 0 saturated carbocycles. The zero-order chi connectivity index (χ0) is 28.2. The van der Waals surface area contributed by atoms with Crippen LogP contribution in [0.1, 0.15) is 42.5 Å². The molecule has 2 rings (SSSR count). The second-order valence-corrected chi connectivity index (χ2v) is 8.87. The van der Waals surface area contributed by atoms with Crippen LogP contribution in [0, 0.1) is 0 Å². The van der Waals surface area contributed by atoms with Crippen LogP contribution in [0.3, 0.4) is 0 Å². The number of anilines is 3. The molecule has 1 aromatic carbocycles. The van der Waals surface area contributed by atoms with Crippen molar-refractivity contribution in [1.82, 2.24) is 25.5 Å². The summed E-state index contributed by atoms with van der Waals surface area (Å²) < 4.78 is 0. The number of likely N-dealkylation sites (N-methyl/N-ethyl adjacent to an activating group) is 2. The summed E-state index contributed by atoms with van der Waals surface area (Å²) in [5.41, 5.74) is 8.07. The average molecular weight is 525 g/mol. The summed E-state index contributed by atoms with van der Waals surface area (Å²) in [6.45, 7) is 7.36. The maximum absolute atomic E-state index is 12.6. The summed E-state index contributed by atoms with van der Waals surface area (Å²) in [4.78, 5) is 49.4. The minimum absolute atomic E-state index is 0.0845. The molecule has 1 heterocycles. The molecule has 2 aromatic rings. The number of aryl methyl sites for hydroxylation is 1. The molecule has 0 aliphatic rings. The number of rotatable bonds is 14. The van der Waals surface area contributed by atoms with Gasteiger partial charge in [0.05, 0.1) is 5.69 Å². The van der Waals surface area contributed by atoms with E-state index in [0.717, 1.165) is 12.1 Å². The molecular weight excluding hydrogens is 484 g/mol. The predicted octanol–water partition coefficient (Wildman–Crippen LogP) is 1.62. The van der Waals surface area contributed by atoms with E-state index in [9.17, 15) is 14.4 Å². The van der Waals surface area contributed by atoms with E-state index < -0.39 is 11.9 Å². The summed E-state index contributed by atoms with van der Waals surface area (Å²) in [6.07, 6.45) is 4.35. The molecule has 0 radical (unpaired) electrons. The van der Waals surface area contributed by atoms with E-state index in [1.54, 1.807) is 27.1 Å². The highest BCUT2D eigenvalue weighted by atomic mass is 16.2. The average Bonchev–Trinajstić information content (AvgIpc) is 2.91. The smallest absolute Gasteiger partial charge is 0.271 e. The third-order valence-corrected chi connectivity index (χ3v) is 6.14. The summed E-state index contributed by atoms with van der Waals surface area (Å²) in [7, 11) is 5.31. The molecule has 0 unspecified atom stereocenters. The number of carbonyl (C=O) groups excluding carboxylic acids is 3. The van der Waals surface area contributed by atoms with Crippen LogP contribution in [0.15, 0.2) is 36.4 Å². The predicted molar refractivity (Wildman–Crippen MR) is 151 cm³/mol. The van der Waals surface area contributed by atoms with E-state index in [4.69, 9.17) is 5.73 Å². The first-order valence-corrected chi connectivity index (χ1v) is 12.8. The lowest BCUT2D eigenvalue weighted by atomic mass is 10.1. The molecule has 3 amide bonds. The van der Waals surface area contributed by atoms with Gasteiger partial charge in [0.25, 0.3) is 5.91 Å². The number of nitrogens with two attached hydrogens (primary N) is 1. The summed E-state index contributed by atoms with van der Waals surface area (Å²) in [5, 5.41) is 9.00. The molecule has 0 aliphatic heterocycles. The molecule has 0 saturated heterocycles. The van der Waals surface area contributed by atoms with Crippen molar-refractivity contribution in [3.8, 4) is 0 Å². The van der Waals surface area contributed by atoms with Gasteiger partial charge < -0.3 is 31.5 Å². The van der Waals surface area contributed by atoms with Gasteiger partial charge in [-0.25, -0.2) is 9.97 Å². The molecule has 0 aliphatic carbocycles. The van der Waals surface area contributed by atoms with Gasteiger partial charge in [-0.15, -0.1) is 0 Å². The maximum atomic E-state index is 12.6. The number of aromatic nitrogens is 2. The largest absolute Gasteiger partial charge is 0.364 e. The van der Waals surface area contributed by atoms with Crippen molar-refractivity contribution in [1.29, 1.82) is 0 Å². The Labute approximate surface area is 224 Å². The highest BCUT2D eigenvalue weighted by Crippen LogP contribution is 2.24. The first-order valence-electron chi connectivity index (χ1n) is 12.8. The Hall–Kier alpha value is -3.99. The monoisotopic (exact) mass is 524 g/mol. The fourth-order valence-corrected chi connectivity index (χ4v) is 3.59. The maximum Gasteiger partial charge on any atom is 0.271 e. The van der Waals surface area contributed by atoms with Crippen molar-refractivity contribution >= 4 is 35.0 Å². The zero-order valence-electron chi connectivity index (χ0n) is 23.2. The second-order valence-electron chi connectivity index (χ2n) is 8.87. The molecule has 1 aromatic heterocycles. The van der Waals surface area contributed by atoms with E-state index in [1.165, 1.54) is 11.0 Å². The number of benzene rings is 1. The fraction of sp³-hybridized carbons (Fsp3) is 0.444. The van der Waals surface area contributed by atoms with Crippen LogP contribution in [0.4, 0.5) is 17.3 Å². The molecule has 1 atom stereocenters. The molecule has 0 bridgehead atoms. The number of nitrogens with zero attached hydrogens (tertiary/aromatic N) is 4. The first-order chi connectivity index (χ1) is 18.1. The first kappa shape index (κ1) is 30.2. The number of nitrogens with one attached hydrogen (secondary N) is 3. The SMILES string of the molecule is CCc1nc(C(N)=O)c(Nc2cccc(CCNC(=O)[C@H](C)N(C)C(=O)/C=C/CNC)c2)nc1N(C)CC. The standard InChI is InChI=1S/C27H40N8O3/c1-7-21-26(34(5)8-2)33-25(23(32-21)24(28)37)31-20-12-9-11-19(17-20)14-16-30-27(38)18(3)35(6)22(36)13-10-15-29-4/h9-13,17-18,29H,7-8,14-16H2,1-6H3,(H2,28,37)(H,30,38)(H,31,33)/b13-10+/t18-/m0/s1. The Morgan fingerprint density at radius 3 is 2.53 bits per heavy atom. The van der Waals surface area contributed by atoms with Gasteiger partial charge in [-0.2, -0.15) is 0 Å². The quantitative estimate of drug-likeness (QED) is 0.273. The molecule has 11 heteroatoms. The Bertz CT molecular complexity index is 1150. The van der Waals surface area contributed by atoms with Crippen LogP contribution < -0.4 is 26.6 Å². The van der Waals surface area contributed by atoms with Gasteiger partial charge in [-0.3, -0.25) is 14.4 Å². The van der Waals surface area contributed by atoms with E-state index in [2.05, 4.69) is 25.9 Å². The summed E-state index contributed by atoms with van der Waals surface area (Å²) >= 11 is 0. The minimum atomic E-state index is -0.658. The molecular formula is C27H40N8O3. The molecule has 0 fully saturated rings. The lowest BCUT2D eigenvalue weighted by Crippen LogP contribution is -2.45. The third-order valence-electron chi connectivity index (χ3n) is 6.14. The van der Waals surface area contributed by atoms with E-state index in [1.807, 2.05) is 50.1 Å². The van der Waals surface area contributed by atoms with Crippen LogP contribution in [0.25, 0.3) is 0 Å². The molecule has 5 N–H and O–H groups in total. The summed E-state index contributed by atoms with van der Waals surface area (Å²) in [5.74, 6) is -0.144. The van der Waals surface area contributed by atoms with Crippen molar-refractivity contribution in [2.45, 2.75) is 39.7 Å². The number of carbonyl (C=O) groups is 3. The normalized spacial score (nSPS) is 11.7. The number of hydrogen-bond donors (Lipinski definition) is 4. The van der Waals surface area contributed by atoms with Gasteiger partial charge in [-0.05, 0) is 51.4 Å². The number of primary amides is 1. The van der Waals surface area contributed by atoms with Crippen molar-refractivity contribution in [2.75, 3.05) is 51.0 Å². The highest BCUT2D eigenvalue weighted by Gasteiger charge is 2.21. The van der Waals surface area contributed by atoms with Crippen molar-refractivity contribution in [3.63, 3.8) is 0 Å². The van der Waals surface area contributed by atoms with Gasteiger partial charge in [-0.1, -0.05) is 25.1 Å². The van der Waals surface area contributed by atoms with Gasteiger partial charge in [0.2, 0.25) is 11.8 Å². The van der Waals surface area contributed by atoms with Crippen molar-refractivity contribution in [2.24, 2.45) is 5.73 Å². The third kappa shape index (κ3) is 8.27. The van der Waals surface area contributed by atoms with Crippen molar-refractivity contribution < 1.29 is 14.4 Å². The minimum Gasteiger partial charge on any atom is -0.364 e. The molecule has 38 heavy (non-hydrogen) atoms. The zero-order valence-corrected chi connectivity index (χ0v) is 23.2. The Morgan fingerprint density at radius 1 is 1.16 bits per heavy atom. The van der Waals surface area contributed by atoms with Gasteiger partial charge in [0.15, 0.2) is 17.3 Å². The molecule has 206 valence electrons. The number of amides is 3. The summed E-state index contributed by atoms with van der Waals surface area (Å²) in [6, 6.07) is 6.99. The van der Waals surface area contributed by atoms with E-state index in [0.29, 0.717) is 48.9 Å². The lowest BCUT2D eigenvalue weighted by molar-refractivity contribution is -0.135. The highest BCUT2D eigenvalue weighted by molar-refractivity contribution is 5.96. The van der Waals surface area contributed by atoms with Gasteiger partial charge in [0.1, 0.15) is 6.04 Å². The van der Waals surface area contributed by atoms with Gasteiger partial charge in [0, 0.05) is 45.5 Å². The Kier molecular flexibility index (Phi) is 11.7. The second kappa shape index (κ2) is 14.7. The van der Waals surface area contributed by atoms with Gasteiger partial charge >= 0.3 is 0 Å². The van der Waals surface area contributed by atoms with Crippen LogP contribution in [-0.4, -0.2) is 79.4 Å². The molecule has 0 spiro atoms. The Balaban J connectivity index is 2.08. The van der Waals surface area contributed by atoms with E-state index >= 15 is 0 Å². The fourth-order valence-electron chi connectivity index (χ4n) is 3.59. The van der Waals surface area contributed by atoms with Crippen LogP contribution in [0.5, 0.6) is 0 Å². The lowest BCUT2D eigenvalue weighted by Gasteiger charge is -2.23. The van der Waals surface area contributed by atoms with E-state index in [-0.39, 0.29) is 17.5 Å². The number of hydrogen-bond acceptors (Lipinski definition) is 8. The van der Waals surface area contributed by atoms with Crippen LogP contribution in [-0.2, 0) is 22.4 Å². The van der Waals surface area contributed by atoms with Crippen LogP contribution >= 0.6 is 0 Å². The van der Waals surface area contributed by atoms with Crippen LogP contribution in [0.2, 0.25) is 0 Å². The van der Waals surface area contributed by atoms with Crippen molar-refractivity contribution in [3.05, 3.63) is 53.4 Å². The Morgan fingerprint density at radius 2 is 1.89 bits per heavy atom. The molecule has 11 nitrogen and oxygen atoms in total. The topological polar surface area (TPSA) is 146 Å².